The lowest BCUT2D eigenvalue weighted by Crippen LogP contribution is -2.45. The third-order valence-corrected chi connectivity index (χ3v) is 4.63. The molecule has 0 bridgehead atoms. The van der Waals surface area contributed by atoms with Gasteiger partial charge >= 0.3 is 0 Å². The van der Waals surface area contributed by atoms with Gasteiger partial charge in [-0.1, -0.05) is 51.1 Å². The highest BCUT2D eigenvalue weighted by Gasteiger charge is 2.22. The van der Waals surface area contributed by atoms with Gasteiger partial charge in [-0.05, 0) is 32.3 Å². The summed E-state index contributed by atoms with van der Waals surface area (Å²) in [4.78, 5) is 4.59. The van der Waals surface area contributed by atoms with Crippen LogP contribution in [0.4, 0.5) is 0 Å². The smallest absolute Gasteiger partial charge is 0.191 e. The van der Waals surface area contributed by atoms with Crippen LogP contribution in [0.2, 0.25) is 0 Å². The molecule has 0 heterocycles. The summed E-state index contributed by atoms with van der Waals surface area (Å²) in [5, 5.41) is 17.1. The molecule has 0 aliphatic carbocycles. The average Bonchev–Trinajstić information content (AvgIpc) is 2.59. The fraction of sp³-hybridized carbons (Fsp3) is 0.632. The summed E-state index contributed by atoms with van der Waals surface area (Å²) in [5.41, 5.74) is 0.596. The number of hydrogen-bond acceptors (Lipinski definition) is 2. The summed E-state index contributed by atoms with van der Waals surface area (Å²) in [6, 6.07) is 10.7. The fourth-order valence-electron chi connectivity index (χ4n) is 2.41. The maximum absolute atomic E-state index is 10.4. The van der Waals surface area contributed by atoms with Crippen LogP contribution in [0.1, 0.15) is 58.9 Å². The molecule has 0 amide bonds. The van der Waals surface area contributed by atoms with E-state index in [1.165, 1.54) is 5.56 Å². The molecule has 0 aromatic heterocycles. The minimum absolute atomic E-state index is 0.242. The Balaban J connectivity index is 2.74. The van der Waals surface area contributed by atoms with Crippen molar-refractivity contribution < 1.29 is 5.11 Å². The van der Waals surface area contributed by atoms with Crippen LogP contribution in [0.5, 0.6) is 0 Å². The molecule has 4 nitrogen and oxygen atoms in total. The molecule has 0 fully saturated rings. The van der Waals surface area contributed by atoms with Gasteiger partial charge in [0.1, 0.15) is 0 Å². The Morgan fingerprint density at radius 2 is 1.74 bits per heavy atom. The van der Waals surface area contributed by atoms with E-state index in [-0.39, 0.29) is 6.04 Å². The molecule has 2 atom stereocenters. The second-order valence-corrected chi connectivity index (χ2v) is 6.26. The van der Waals surface area contributed by atoms with Gasteiger partial charge in [-0.15, -0.1) is 0 Å². The Bertz CT molecular complexity index is 469. The third-order valence-electron chi connectivity index (χ3n) is 4.63. The van der Waals surface area contributed by atoms with Crippen LogP contribution in [0.3, 0.4) is 0 Å². The molecule has 1 aromatic rings. The van der Waals surface area contributed by atoms with Crippen LogP contribution in [-0.4, -0.2) is 35.8 Å². The van der Waals surface area contributed by atoms with E-state index in [4.69, 9.17) is 0 Å². The molecule has 0 saturated heterocycles. The lowest BCUT2D eigenvalue weighted by molar-refractivity contribution is 0.0417. The van der Waals surface area contributed by atoms with E-state index in [1.807, 2.05) is 26.8 Å². The molecule has 0 aliphatic heterocycles. The molecule has 0 saturated carbocycles. The van der Waals surface area contributed by atoms with Crippen LogP contribution in [0.15, 0.2) is 35.3 Å². The summed E-state index contributed by atoms with van der Waals surface area (Å²) in [6.07, 6.45) is 1.42. The third kappa shape index (κ3) is 6.22. The predicted molar refractivity (Wildman–Crippen MR) is 99.0 cm³/mol. The summed E-state index contributed by atoms with van der Waals surface area (Å²) < 4.78 is 0. The Hall–Kier alpha value is -1.55. The second kappa shape index (κ2) is 9.56. The van der Waals surface area contributed by atoms with Crippen LogP contribution in [-0.2, 0) is 0 Å². The number of guanidine groups is 1. The van der Waals surface area contributed by atoms with E-state index < -0.39 is 5.60 Å². The van der Waals surface area contributed by atoms with Crippen LogP contribution in [0, 0.1) is 0 Å². The van der Waals surface area contributed by atoms with E-state index in [2.05, 4.69) is 53.7 Å². The number of aliphatic imine (C=N–C) groups is 1. The zero-order valence-corrected chi connectivity index (χ0v) is 15.3. The van der Waals surface area contributed by atoms with Crippen molar-refractivity contribution in [3.05, 3.63) is 35.9 Å². The van der Waals surface area contributed by atoms with Crippen LogP contribution in [0.25, 0.3) is 0 Å². The van der Waals surface area contributed by atoms with Gasteiger partial charge < -0.3 is 15.7 Å². The highest BCUT2D eigenvalue weighted by molar-refractivity contribution is 5.80. The Kier molecular flexibility index (Phi) is 8.10. The fourth-order valence-corrected chi connectivity index (χ4v) is 2.41. The Morgan fingerprint density at radius 3 is 2.26 bits per heavy atom. The molecular formula is C19H33N3O. The van der Waals surface area contributed by atoms with Gasteiger partial charge in [0.15, 0.2) is 5.96 Å². The highest BCUT2D eigenvalue weighted by Crippen LogP contribution is 2.19. The first-order valence-corrected chi connectivity index (χ1v) is 8.78. The van der Waals surface area contributed by atoms with E-state index in [0.717, 1.165) is 12.5 Å². The maximum atomic E-state index is 10.4. The molecule has 1 aromatic carbocycles. The minimum atomic E-state index is -0.712. The molecule has 4 heteroatoms. The molecule has 130 valence electrons. The molecule has 23 heavy (non-hydrogen) atoms. The summed E-state index contributed by atoms with van der Waals surface area (Å²) in [5.74, 6) is 1.14. The van der Waals surface area contributed by atoms with Crippen molar-refractivity contribution in [2.75, 3.05) is 13.1 Å². The second-order valence-electron chi connectivity index (χ2n) is 6.26. The van der Waals surface area contributed by atoms with E-state index in [0.29, 0.717) is 25.3 Å². The first-order chi connectivity index (χ1) is 11.0. The number of aliphatic hydroxyl groups is 1. The first kappa shape index (κ1) is 19.5. The van der Waals surface area contributed by atoms with Gasteiger partial charge in [-0.2, -0.15) is 0 Å². The van der Waals surface area contributed by atoms with Crippen molar-refractivity contribution in [2.24, 2.45) is 4.99 Å². The van der Waals surface area contributed by atoms with Crippen molar-refractivity contribution in [2.45, 2.75) is 65.0 Å². The van der Waals surface area contributed by atoms with E-state index in [1.54, 1.807) is 0 Å². The van der Waals surface area contributed by atoms with E-state index in [9.17, 15) is 5.11 Å². The minimum Gasteiger partial charge on any atom is -0.388 e. The number of nitrogens with one attached hydrogen (secondary N) is 2. The van der Waals surface area contributed by atoms with Crippen molar-refractivity contribution in [3.63, 3.8) is 0 Å². The van der Waals surface area contributed by atoms with Crippen molar-refractivity contribution >= 4 is 5.96 Å². The van der Waals surface area contributed by atoms with Gasteiger partial charge in [-0.3, -0.25) is 4.99 Å². The summed E-state index contributed by atoms with van der Waals surface area (Å²) in [6.45, 7) is 11.6. The van der Waals surface area contributed by atoms with Crippen molar-refractivity contribution in [1.82, 2.24) is 10.6 Å². The summed E-state index contributed by atoms with van der Waals surface area (Å²) in [7, 11) is 0. The zero-order valence-electron chi connectivity index (χ0n) is 15.3. The highest BCUT2D eigenvalue weighted by atomic mass is 16.3. The SMILES string of the molecule is CCNC(=NCC(O)(CC)CC)NC(C)C(C)c1ccccc1. The van der Waals surface area contributed by atoms with Gasteiger partial charge in [0, 0.05) is 18.5 Å². The molecule has 2 unspecified atom stereocenters. The number of benzene rings is 1. The van der Waals surface area contributed by atoms with Crippen molar-refractivity contribution in [3.8, 4) is 0 Å². The molecule has 0 radical (unpaired) electrons. The molecule has 3 N–H and O–H groups in total. The Labute approximate surface area is 141 Å². The summed E-state index contributed by atoms with van der Waals surface area (Å²) >= 11 is 0. The quantitative estimate of drug-likeness (QED) is 0.509. The normalized spacial score (nSPS) is 15.1. The lowest BCUT2D eigenvalue weighted by Gasteiger charge is -2.26. The Morgan fingerprint density at radius 1 is 1.13 bits per heavy atom. The first-order valence-electron chi connectivity index (χ1n) is 8.78. The number of hydrogen-bond donors (Lipinski definition) is 3. The van der Waals surface area contributed by atoms with Crippen LogP contribution < -0.4 is 10.6 Å². The standard InChI is InChI=1S/C19H33N3O/c1-6-19(23,7-2)14-21-18(20-8-3)22-16(5)15(4)17-12-10-9-11-13-17/h9-13,15-16,23H,6-8,14H2,1-5H3,(H2,20,21,22). The molecular weight excluding hydrogens is 286 g/mol. The topological polar surface area (TPSA) is 56.7 Å². The largest absolute Gasteiger partial charge is 0.388 e. The monoisotopic (exact) mass is 319 g/mol. The number of nitrogens with zero attached hydrogens (tertiary/aromatic N) is 1. The van der Waals surface area contributed by atoms with Crippen LogP contribution >= 0.6 is 0 Å². The van der Waals surface area contributed by atoms with E-state index >= 15 is 0 Å². The zero-order chi connectivity index (χ0) is 17.3. The predicted octanol–water partition coefficient (Wildman–Crippen LogP) is 3.28. The van der Waals surface area contributed by atoms with Crippen molar-refractivity contribution in [1.29, 1.82) is 0 Å². The van der Waals surface area contributed by atoms with Gasteiger partial charge in [0.2, 0.25) is 0 Å². The maximum Gasteiger partial charge on any atom is 0.191 e. The molecule has 0 aliphatic rings. The van der Waals surface area contributed by atoms with Gasteiger partial charge in [-0.25, -0.2) is 0 Å². The van der Waals surface area contributed by atoms with Gasteiger partial charge in [0.05, 0.1) is 12.1 Å². The van der Waals surface area contributed by atoms with Gasteiger partial charge in [0.25, 0.3) is 0 Å². The average molecular weight is 319 g/mol. The lowest BCUT2D eigenvalue weighted by atomic mass is 9.94. The molecule has 1 rings (SSSR count). The molecule has 0 spiro atoms. The number of rotatable bonds is 8.